The fourth-order valence-corrected chi connectivity index (χ4v) is 2.46. The summed E-state index contributed by atoms with van der Waals surface area (Å²) in [5.41, 5.74) is 0.955. The Morgan fingerprint density at radius 3 is 2.68 bits per heavy atom. The summed E-state index contributed by atoms with van der Waals surface area (Å²) in [5.74, 6) is 0.790. The SMILES string of the molecule is CC(Cn1cccn1)NC(C)c1nnnn1-c1ccccc1. The molecule has 7 heteroatoms. The van der Waals surface area contributed by atoms with E-state index in [1.54, 1.807) is 10.9 Å². The van der Waals surface area contributed by atoms with Gasteiger partial charge in [-0.25, -0.2) is 0 Å². The average Bonchev–Trinajstić information content (AvgIpc) is 3.18. The molecule has 0 aliphatic rings. The van der Waals surface area contributed by atoms with E-state index >= 15 is 0 Å². The second kappa shape index (κ2) is 6.48. The van der Waals surface area contributed by atoms with Crippen LogP contribution in [0.3, 0.4) is 0 Å². The van der Waals surface area contributed by atoms with Gasteiger partial charge in [-0.3, -0.25) is 4.68 Å². The Morgan fingerprint density at radius 2 is 1.95 bits per heavy atom. The molecule has 0 aliphatic carbocycles. The van der Waals surface area contributed by atoms with Crippen LogP contribution in [0.1, 0.15) is 25.7 Å². The van der Waals surface area contributed by atoms with E-state index in [9.17, 15) is 0 Å². The van der Waals surface area contributed by atoms with E-state index in [-0.39, 0.29) is 12.1 Å². The number of para-hydroxylation sites is 1. The van der Waals surface area contributed by atoms with E-state index in [0.29, 0.717) is 0 Å². The predicted octanol–water partition coefficient (Wildman–Crippen LogP) is 1.60. The van der Waals surface area contributed by atoms with Crippen LogP contribution in [0, 0.1) is 0 Å². The van der Waals surface area contributed by atoms with Crippen molar-refractivity contribution in [3.63, 3.8) is 0 Å². The molecule has 0 amide bonds. The molecule has 114 valence electrons. The van der Waals surface area contributed by atoms with Crippen LogP contribution < -0.4 is 5.32 Å². The van der Waals surface area contributed by atoms with Crippen LogP contribution in [0.5, 0.6) is 0 Å². The molecule has 0 saturated carbocycles. The van der Waals surface area contributed by atoms with Gasteiger partial charge in [-0.15, -0.1) is 5.10 Å². The summed E-state index contributed by atoms with van der Waals surface area (Å²) in [6.45, 7) is 4.98. The standard InChI is InChI=1S/C15H19N7/c1-12(11-21-10-6-9-16-21)17-13(2)15-18-19-20-22(15)14-7-4-3-5-8-14/h3-10,12-13,17H,11H2,1-2H3. The van der Waals surface area contributed by atoms with E-state index in [1.165, 1.54) is 0 Å². The van der Waals surface area contributed by atoms with Crippen molar-refractivity contribution in [1.82, 2.24) is 35.3 Å². The van der Waals surface area contributed by atoms with Crippen LogP contribution in [0.4, 0.5) is 0 Å². The van der Waals surface area contributed by atoms with Crippen LogP contribution in [-0.4, -0.2) is 36.0 Å². The first-order valence-electron chi connectivity index (χ1n) is 7.31. The van der Waals surface area contributed by atoms with Crippen LogP contribution in [-0.2, 0) is 6.54 Å². The van der Waals surface area contributed by atoms with Gasteiger partial charge in [0.2, 0.25) is 0 Å². The first kappa shape index (κ1) is 14.4. The Kier molecular flexibility index (Phi) is 4.24. The number of hydrogen-bond donors (Lipinski definition) is 1. The van der Waals surface area contributed by atoms with Gasteiger partial charge in [0, 0.05) is 18.4 Å². The topological polar surface area (TPSA) is 73.5 Å². The van der Waals surface area contributed by atoms with Gasteiger partial charge in [0.05, 0.1) is 18.3 Å². The molecule has 2 atom stereocenters. The smallest absolute Gasteiger partial charge is 0.173 e. The molecule has 0 spiro atoms. The second-order valence-electron chi connectivity index (χ2n) is 5.30. The molecule has 0 aliphatic heterocycles. The maximum Gasteiger partial charge on any atom is 0.173 e. The average molecular weight is 297 g/mol. The number of benzene rings is 1. The molecule has 1 aromatic carbocycles. The predicted molar refractivity (Wildman–Crippen MR) is 82.4 cm³/mol. The molecule has 2 heterocycles. The summed E-state index contributed by atoms with van der Waals surface area (Å²) in [5, 5.41) is 19.8. The van der Waals surface area contributed by atoms with Crippen LogP contribution in [0.2, 0.25) is 0 Å². The van der Waals surface area contributed by atoms with Crippen molar-refractivity contribution in [2.24, 2.45) is 0 Å². The third-order valence-corrected chi connectivity index (χ3v) is 3.44. The lowest BCUT2D eigenvalue weighted by atomic mass is 10.2. The molecule has 22 heavy (non-hydrogen) atoms. The summed E-state index contributed by atoms with van der Waals surface area (Å²) in [7, 11) is 0. The summed E-state index contributed by atoms with van der Waals surface area (Å²) in [6, 6.07) is 12.1. The zero-order valence-electron chi connectivity index (χ0n) is 12.7. The monoisotopic (exact) mass is 297 g/mol. The second-order valence-corrected chi connectivity index (χ2v) is 5.30. The number of tetrazole rings is 1. The fraction of sp³-hybridized carbons (Fsp3) is 0.333. The van der Waals surface area contributed by atoms with Crippen molar-refractivity contribution < 1.29 is 0 Å². The number of rotatable bonds is 6. The molecule has 7 nitrogen and oxygen atoms in total. The lowest BCUT2D eigenvalue weighted by Crippen LogP contribution is -2.34. The zero-order valence-corrected chi connectivity index (χ0v) is 12.7. The molecular formula is C15H19N7. The van der Waals surface area contributed by atoms with Gasteiger partial charge in [-0.2, -0.15) is 9.78 Å². The molecule has 3 rings (SSSR count). The normalized spacial score (nSPS) is 13.9. The van der Waals surface area contributed by atoms with E-state index in [1.807, 2.05) is 47.3 Å². The summed E-state index contributed by atoms with van der Waals surface area (Å²) in [4.78, 5) is 0. The Hall–Kier alpha value is -2.54. The molecule has 0 radical (unpaired) electrons. The van der Waals surface area contributed by atoms with Gasteiger partial charge in [0.1, 0.15) is 0 Å². The highest BCUT2D eigenvalue weighted by molar-refractivity contribution is 5.30. The Morgan fingerprint density at radius 1 is 1.14 bits per heavy atom. The Balaban J connectivity index is 1.70. The molecular weight excluding hydrogens is 278 g/mol. The number of hydrogen-bond acceptors (Lipinski definition) is 5. The van der Waals surface area contributed by atoms with E-state index in [2.05, 4.69) is 39.8 Å². The number of nitrogens with one attached hydrogen (secondary N) is 1. The van der Waals surface area contributed by atoms with Crippen molar-refractivity contribution in [3.05, 3.63) is 54.6 Å². The van der Waals surface area contributed by atoms with Crippen LogP contribution in [0.15, 0.2) is 48.8 Å². The first-order chi connectivity index (χ1) is 10.7. The molecule has 0 saturated heterocycles. The fourth-order valence-electron chi connectivity index (χ4n) is 2.46. The lowest BCUT2D eigenvalue weighted by molar-refractivity contribution is 0.400. The molecule has 0 bridgehead atoms. The van der Waals surface area contributed by atoms with Crippen molar-refractivity contribution in [3.8, 4) is 5.69 Å². The van der Waals surface area contributed by atoms with Gasteiger partial charge in [-0.05, 0) is 42.5 Å². The van der Waals surface area contributed by atoms with Gasteiger partial charge in [0.25, 0.3) is 0 Å². The van der Waals surface area contributed by atoms with Gasteiger partial charge in [0.15, 0.2) is 5.82 Å². The van der Waals surface area contributed by atoms with Crippen molar-refractivity contribution in [1.29, 1.82) is 0 Å². The Labute approximate surface area is 129 Å². The van der Waals surface area contributed by atoms with Gasteiger partial charge in [-0.1, -0.05) is 18.2 Å². The van der Waals surface area contributed by atoms with Crippen molar-refractivity contribution >= 4 is 0 Å². The van der Waals surface area contributed by atoms with Crippen LogP contribution in [0.25, 0.3) is 5.69 Å². The van der Waals surface area contributed by atoms with Crippen molar-refractivity contribution in [2.75, 3.05) is 0 Å². The molecule has 3 aromatic rings. The molecule has 2 aromatic heterocycles. The first-order valence-corrected chi connectivity index (χ1v) is 7.31. The summed E-state index contributed by atoms with van der Waals surface area (Å²) >= 11 is 0. The summed E-state index contributed by atoms with van der Waals surface area (Å²) in [6.07, 6.45) is 3.74. The quantitative estimate of drug-likeness (QED) is 0.748. The maximum absolute atomic E-state index is 4.22. The van der Waals surface area contributed by atoms with E-state index in [4.69, 9.17) is 0 Å². The largest absolute Gasteiger partial charge is 0.303 e. The third-order valence-electron chi connectivity index (χ3n) is 3.44. The molecule has 1 N–H and O–H groups in total. The van der Waals surface area contributed by atoms with Gasteiger partial charge < -0.3 is 5.32 Å². The lowest BCUT2D eigenvalue weighted by Gasteiger charge is -2.19. The maximum atomic E-state index is 4.22. The highest BCUT2D eigenvalue weighted by Crippen LogP contribution is 2.14. The number of nitrogens with zero attached hydrogens (tertiary/aromatic N) is 6. The Bertz CT molecular complexity index is 690. The van der Waals surface area contributed by atoms with E-state index < -0.39 is 0 Å². The molecule has 2 unspecified atom stereocenters. The van der Waals surface area contributed by atoms with Gasteiger partial charge >= 0.3 is 0 Å². The highest BCUT2D eigenvalue weighted by atomic mass is 15.5. The van der Waals surface area contributed by atoms with Crippen LogP contribution >= 0.6 is 0 Å². The minimum absolute atomic E-state index is 0.0285. The summed E-state index contributed by atoms with van der Waals surface area (Å²) < 4.78 is 3.67. The van der Waals surface area contributed by atoms with Crippen molar-refractivity contribution in [2.45, 2.75) is 32.5 Å². The third kappa shape index (κ3) is 3.20. The minimum Gasteiger partial charge on any atom is -0.303 e. The highest BCUT2D eigenvalue weighted by Gasteiger charge is 2.17. The molecule has 0 fully saturated rings. The minimum atomic E-state index is 0.0285. The van der Waals surface area contributed by atoms with E-state index in [0.717, 1.165) is 18.1 Å². The number of aromatic nitrogens is 6. The zero-order chi connectivity index (χ0) is 15.4.